The summed E-state index contributed by atoms with van der Waals surface area (Å²) in [7, 11) is 0. The molecule has 0 aliphatic carbocycles. The lowest BCUT2D eigenvalue weighted by atomic mass is 10.2. The summed E-state index contributed by atoms with van der Waals surface area (Å²) in [5, 5.41) is 5.48. The van der Waals surface area contributed by atoms with Crippen LogP contribution in [0.4, 0.5) is 11.4 Å². The normalized spacial score (nSPS) is 10.6. The molecule has 0 bridgehead atoms. The predicted octanol–water partition coefficient (Wildman–Crippen LogP) is 4.18. The van der Waals surface area contributed by atoms with Gasteiger partial charge in [0.15, 0.2) is 5.76 Å². The summed E-state index contributed by atoms with van der Waals surface area (Å²) in [6.45, 7) is 0. The van der Waals surface area contributed by atoms with Crippen LogP contribution < -0.4 is 10.6 Å². The smallest absolute Gasteiger partial charge is 0.291 e. The predicted molar refractivity (Wildman–Crippen MR) is 97.2 cm³/mol. The maximum absolute atomic E-state index is 11.9. The molecule has 0 unspecified atom stereocenters. The van der Waals surface area contributed by atoms with E-state index in [0.717, 1.165) is 5.56 Å². The van der Waals surface area contributed by atoms with Crippen molar-refractivity contribution in [1.29, 1.82) is 0 Å². The number of anilines is 2. The monoisotopic (exact) mass is 332 g/mol. The molecule has 0 fully saturated rings. The Kier molecular flexibility index (Phi) is 5.07. The molecule has 5 nitrogen and oxygen atoms in total. The van der Waals surface area contributed by atoms with E-state index in [0.29, 0.717) is 11.4 Å². The van der Waals surface area contributed by atoms with Crippen LogP contribution >= 0.6 is 0 Å². The standard InChI is InChI=1S/C20H16N2O3/c23-19(13-8-15-5-2-1-3-6-15)21-16-9-11-17(12-10-16)22-20(24)18-7-4-14-25-18/h1-14H,(H,21,23)(H,22,24)/b13-8+. The zero-order valence-electron chi connectivity index (χ0n) is 13.3. The molecule has 2 N–H and O–H groups in total. The molecule has 2 aromatic carbocycles. The molecule has 124 valence electrons. The lowest BCUT2D eigenvalue weighted by Crippen LogP contribution is -2.11. The van der Waals surface area contributed by atoms with Crippen LogP contribution in [0.25, 0.3) is 6.08 Å². The number of hydrogen-bond donors (Lipinski definition) is 2. The van der Waals surface area contributed by atoms with Crippen LogP contribution in [0.15, 0.2) is 83.5 Å². The maximum Gasteiger partial charge on any atom is 0.291 e. The van der Waals surface area contributed by atoms with Crippen molar-refractivity contribution >= 4 is 29.3 Å². The first-order chi connectivity index (χ1) is 12.2. The van der Waals surface area contributed by atoms with Gasteiger partial charge in [-0.05, 0) is 48.0 Å². The Morgan fingerprint density at radius 2 is 1.48 bits per heavy atom. The summed E-state index contributed by atoms with van der Waals surface area (Å²) in [5.74, 6) is -0.313. The molecule has 0 atom stereocenters. The summed E-state index contributed by atoms with van der Waals surface area (Å²) in [6.07, 6.45) is 4.66. The highest BCUT2D eigenvalue weighted by Gasteiger charge is 2.08. The molecular weight excluding hydrogens is 316 g/mol. The van der Waals surface area contributed by atoms with Crippen molar-refractivity contribution in [1.82, 2.24) is 0 Å². The molecule has 0 aliphatic rings. The van der Waals surface area contributed by atoms with Crippen LogP contribution in [0.1, 0.15) is 16.1 Å². The quantitative estimate of drug-likeness (QED) is 0.688. The van der Waals surface area contributed by atoms with Crippen LogP contribution in [0.2, 0.25) is 0 Å². The first-order valence-corrected chi connectivity index (χ1v) is 7.70. The average molecular weight is 332 g/mol. The van der Waals surface area contributed by atoms with E-state index in [1.807, 2.05) is 30.3 Å². The van der Waals surface area contributed by atoms with Gasteiger partial charge in [-0.15, -0.1) is 0 Å². The van der Waals surface area contributed by atoms with Crippen molar-refractivity contribution in [3.8, 4) is 0 Å². The van der Waals surface area contributed by atoms with Crippen LogP contribution in [0.5, 0.6) is 0 Å². The highest BCUT2D eigenvalue weighted by molar-refractivity contribution is 6.03. The maximum atomic E-state index is 11.9. The number of amides is 2. The second-order valence-corrected chi connectivity index (χ2v) is 5.24. The fourth-order valence-electron chi connectivity index (χ4n) is 2.16. The van der Waals surface area contributed by atoms with E-state index in [-0.39, 0.29) is 17.6 Å². The largest absolute Gasteiger partial charge is 0.459 e. The molecule has 1 aromatic heterocycles. The number of nitrogens with one attached hydrogen (secondary N) is 2. The molecule has 25 heavy (non-hydrogen) atoms. The van der Waals surface area contributed by atoms with Crippen molar-refractivity contribution in [3.63, 3.8) is 0 Å². The van der Waals surface area contributed by atoms with Gasteiger partial charge in [0.1, 0.15) is 0 Å². The van der Waals surface area contributed by atoms with Gasteiger partial charge < -0.3 is 15.1 Å². The van der Waals surface area contributed by atoms with Gasteiger partial charge in [0.2, 0.25) is 5.91 Å². The Morgan fingerprint density at radius 1 is 0.800 bits per heavy atom. The SMILES string of the molecule is O=C(/C=C/c1ccccc1)Nc1ccc(NC(=O)c2ccco2)cc1. The highest BCUT2D eigenvalue weighted by atomic mass is 16.3. The van der Waals surface area contributed by atoms with E-state index in [1.54, 1.807) is 42.5 Å². The number of rotatable bonds is 5. The second kappa shape index (κ2) is 7.79. The van der Waals surface area contributed by atoms with Gasteiger partial charge in [-0.2, -0.15) is 0 Å². The van der Waals surface area contributed by atoms with Gasteiger partial charge in [0.25, 0.3) is 5.91 Å². The topological polar surface area (TPSA) is 71.3 Å². The number of carbonyl (C=O) groups excluding carboxylic acids is 2. The molecule has 1 heterocycles. The van der Waals surface area contributed by atoms with Gasteiger partial charge in [-0.25, -0.2) is 0 Å². The Bertz CT molecular complexity index is 867. The van der Waals surface area contributed by atoms with Crippen molar-refractivity contribution < 1.29 is 14.0 Å². The van der Waals surface area contributed by atoms with Crippen LogP contribution in [0.3, 0.4) is 0 Å². The van der Waals surface area contributed by atoms with E-state index >= 15 is 0 Å². The Balaban J connectivity index is 1.56. The minimum atomic E-state index is -0.326. The van der Waals surface area contributed by atoms with Crippen molar-refractivity contribution in [3.05, 3.63) is 90.4 Å². The summed E-state index contributed by atoms with van der Waals surface area (Å²) < 4.78 is 5.03. The average Bonchev–Trinajstić information content (AvgIpc) is 3.17. The fraction of sp³-hybridized carbons (Fsp3) is 0. The van der Waals surface area contributed by atoms with E-state index < -0.39 is 0 Å². The van der Waals surface area contributed by atoms with Crippen LogP contribution in [0, 0.1) is 0 Å². The zero-order valence-corrected chi connectivity index (χ0v) is 13.3. The third kappa shape index (κ3) is 4.68. The molecule has 3 aromatic rings. The zero-order chi connectivity index (χ0) is 17.5. The van der Waals surface area contributed by atoms with E-state index in [2.05, 4.69) is 10.6 Å². The van der Waals surface area contributed by atoms with Crippen molar-refractivity contribution in [2.24, 2.45) is 0 Å². The lowest BCUT2D eigenvalue weighted by Gasteiger charge is -2.06. The molecule has 2 amide bonds. The van der Waals surface area contributed by atoms with E-state index in [9.17, 15) is 9.59 Å². The van der Waals surface area contributed by atoms with Gasteiger partial charge in [-0.3, -0.25) is 9.59 Å². The molecule has 3 rings (SSSR count). The molecule has 0 aliphatic heterocycles. The Morgan fingerprint density at radius 3 is 2.12 bits per heavy atom. The van der Waals surface area contributed by atoms with Crippen molar-refractivity contribution in [2.45, 2.75) is 0 Å². The van der Waals surface area contributed by atoms with Gasteiger partial charge in [-0.1, -0.05) is 30.3 Å². The summed E-state index contributed by atoms with van der Waals surface area (Å²) >= 11 is 0. The summed E-state index contributed by atoms with van der Waals surface area (Å²) in [4.78, 5) is 23.8. The van der Waals surface area contributed by atoms with Gasteiger partial charge in [0, 0.05) is 17.5 Å². The van der Waals surface area contributed by atoms with Crippen molar-refractivity contribution in [2.75, 3.05) is 10.6 Å². The third-order valence-electron chi connectivity index (χ3n) is 3.38. The summed E-state index contributed by atoms with van der Waals surface area (Å²) in [6, 6.07) is 19.6. The van der Waals surface area contributed by atoms with Crippen LogP contribution in [-0.4, -0.2) is 11.8 Å². The molecule has 0 saturated heterocycles. The third-order valence-corrected chi connectivity index (χ3v) is 3.38. The number of hydrogen-bond acceptors (Lipinski definition) is 3. The Labute approximate surface area is 145 Å². The molecule has 0 radical (unpaired) electrons. The first-order valence-electron chi connectivity index (χ1n) is 7.70. The summed E-state index contributed by atoms with van der Waals surface area (Å²) in [5.41, 5.74) is 2.20. The Hall–Kier alpha value is -3.60. The molecule has 0 saturated carbocycles. The molecule has 0 spiro atoms. The van der Waals surface area contributed by atoms with E-state index in [4.69, 9.17) is 4.42 Å². The fourth-order valence-corrected chi connectivity index (χ4v) is 2.16. The number of carbonyl (C=O) groups is 2. The molecule has 5 heteroatoms. The number of benzene rings is 2. The van der Waals surface area contributed by atoms with Gasteiger partial charge in [0.05, 0.1) is 6.26 Å². The lowest BCUT2D eigenvalue weighted by molar-refractivity contribution is -0.111. The minimum absolute atomic E-state index is 0.226. The molecular formula is C20H16N2O3. The number of furan rings is 1. The highest BCUT2D eigenvalue weighted by Crippen LogP contribution is 2.15. The second-order valence-electron chi connectivity index (χ2n) is 5.24. The van der Waals surface area contributed by atoms with Crippen LogP contribution in [-0.2, 0) is 4.79 Å². The van der Waals surface area contributed by atoms with E-state index in [1.165, 1.54) is 12.3 Å². The minimum Gasteiger partial charge on any atom is -0.459 e. The van der Waals surface area contributed by atoms with Gasteiger partial charge >= 0.3 is 0 Å². The first kappa shape index (κ1) is 16.3.